The Labute approximate surface area is 218 Å². The zero-order chi connectivity index (χ0) is 26.0. The molecule has 7 rings (SSSR count). The maximum absolute atomic E-state index is 13.7. The first kappa shape index (κ1) is 22.9. The van der Waals surface area contributed by atoms with Crippen LogP contribution in [0.3, 0.4) is 0 Å². The molecule has 1 N–H and O–H groups in total. The van der Waals surface area contributed by atoms with Gasteiger partial charge in [0.25, 0.3) is 5.56 Å². The minimum atomic E-state index is -1.85. The van der Waals surface area contributed by atoms with E-state index in [4.69, 9.17) is 14.7 Å². The number of hydrogen-bond donors (Lipinski definition) is 1. The molecule has 3 aliphatic rings. The van der Waals surface area contributed by atoms with Crippen molar-refractivity contribution in [2.45, 2.75) is 44.9 Å². The van der Waals surface area contributed by atoms with Crippen LogP contribution < -0.4 is 10.5 Å². The Kier molecular flexibility index (Phi) is 5.03. The van der Waals surface area contributed by atoms with Gasteiger partial charge in [-0.3, -0.25) is 4.79 Å². The molecule has 8 nitrogen and oxygen atoms in total. The lowest BCUT2D eigenvalue weighted by molar-refractivity contribution is -0.172. The second-order valence-corrected chi connectivity index (χ2v) is 10.1. The van der Waals surface area contributed by atoms with Crippen molar-refractivity contribution >= 4 is 34.6 Å². The van der Waals surface area contributed by atoms with Gasteiger partial charge in [-0.25, -0.2) is 14.8 Å². The van der Waals surface area contributed by atoms with Gasteiger partial charge >= 0.3 is 5.97 Å². The smallest absolute Gasteiger partial charge is 0.343 e. The number of aliphatic hydroxyl groups is 1. The van der Waals surface area contributed by atoms with E-state index in [2.05, 4.69) is 29.2 Å². The minimum absolute atomic E-state index is 0.111. The molecular formula is C30H26N4O4. The number of rotatable bonds is 5. The number of carbonyl (C=O) groups is 1. The number of nitrogens with zero attached hydrogens (tertiary/aromatic N) is 4. The van der Waals surface area contributed by atoms with Crippen molar-refractivity contribution in [2.24, 2.45) is 4.99 Å². The van der Waals surface area contributed by atoms with Crippen molar-refractivity contribution in [1.82, 2.24) is 9.55 Å². The van der Waals surface area contributed by atoms with E-state index in [1.165, 1.54) is 5.56 Å². The van der Waals surface area contributed by atoms with Crippen LogP contribution in [0.25, 0.3) is 22.3 Å². The lowest BCUT2D eigenvalue weighted by Crippen LogP contribution is -2.44. The van der Waals surface area contributed by atoms with E-state index >= 15 is 0 Å². The summed E-state index contributed by atoms with van der Waals surface area (Å²) in [5.41, 5.74) is 4.76. The number of cyclic esters (lactones) is 1. The van der Waals surface area contributed by atoms with Gasteiger partial charge in [-0.15, -0.1) is 0 Å². The predicted octanol–water partition coefficient (Wildman–Crippen LogP) is 4.19. The zero-order valence-corrected chi connectivity index (χ0v) is 21.0. The van der Waals surface area contributed by atoms with E-state index in [-0.39, 0.29) is 18.6 Å². The van der Waals surface area contributed by atoms with Crippen LogP contribution in [0.15, 0.2) is 64.4 Å². The van der Waals surface area contributed by atoms with Crippen molar-refractivity contribution in [2.75, 3.05) is 11.4 Å². The van der Waals surface area contributed by atoms with E-state index < -0.39 is 11.6 Å². The Hall–Kier alpha value is -4.30. The zero-order valence-electron chi connectivity index (χ0n) is 21.0. The molecule has 8 heteroatoms. The van der Waals surface area contributed by atoms with Gasteiger partial charge < -0.3 is 19.3 Å². The number of aryl methyl sites for hydroxylation is 1. The summed E-state index contributed by atoms with van der Waals surface area (Å²) in [5, 5.41) is 12.2. The molecule has 0 radical (unpaired) electrons. The van der Waals surface area contributed by atoms with Crippen LogP contribution in [0.2, 0.25) is 0 Å². The molecule has 0 fully saturated rings. The highest BCUT2D eigenvalue weighted by Crippen LogP contribution is 2.46. The van der Waals surface area contributed by atoms with E-state index in [1.807, 2.05) is 30.6 Å². The van der Waals surface area contributed by atoms with Crippen molar-refractivity contribution < 1.29 is 14.6 Å². The molecule has 0 spiro atoms. The molecule has 0 bridgehead atoms. The average Bonchev–Trinajstić information content (AvgIpc) is 3.31. The Morgan fingerprint density at radius 3 is 2.74 bits per heavy atom. The highest BCUT2D eigenvalue weighted by molar-refractivity contribution is 6.11. The number of carbonyl (C=O) groups excluding carboxylic acids is 1. The third-order valence-electron chi connectivity index (χ3n) is 7.99. The first-order valence-electron chi connectivity index (χ1n) is 13.0. The summed E-state index contributed by atoms with van der Waals surface area (Å²) in [4.78, 5) is 38.1. The number of aliphatic imine (C=N–C) groups is 1. The average molecular weight is 507 g/mol. The fraction of sp³-hybridized carbons (Fsp3) is 0.267. The van der Waals surface area contributed by atoms with Gasteiger partial charge in [0.1, 0.15) is 6.61 Å². The standard InChI is InChI=1S/C30H26N4O4/c1-2-30(37)21-14-24-26-19(15-34(24)28(35)20(21)16-38-29(30)36)27-25-22(11-6-12-23(25)32-26)31-17-33(27)13-7-10-18-8-4-3-5-9-18/h3-6,8-9,11-12,14,17,37H,2,7,10,13,15-16H2,1H3/t30-/m0/s1. The van der Waals surface area contributed by atoms with Gasteiger partial charge in [0, 0.05) is 17.7 Å². The van der Waals surface area contributed by atoms with Crippen LogP contribution in [0.1, 0.15) is 42.0 Å². The SMILES string of the molecule is CC[C@@]1(O)C(=O)OCc2c1cc1n(c2=O)Cc2c-1nc1cccc3c1c2N(CCCc1ccccc1)C=N3. The minimum Gasteiger partial charge on any atom is -0.458 e. The number of fused-ring (bicyclic) bond motifs is 5. The fourth-order valence-electron chi connectivity index (χ4n) is 5.97. The summed E-state index contributed by atoms with van der Waals surface area (Å²) in [5.74, 6) is -0.720. The molecule has 2 aromatic carbocycles. The molecule has 190 valence electrons. The second kappa shape index (κ2) is 8.36. The van der Waals surface area contributed by atoms with Gasteiger partial charge in [0.2, 0.25) is 0 Å². The normalized spacial score (nSPS) is 18.8. The number of benzene rings is 2. The van der Waals surface area contributed by atoms with E-state index in [0.29, 0.717) is 29.1 Å². The number of pyridine rings is 2. The Morgan fingerprint density at radius 2 is 1.92 bits per heavy atom. The first-order valence-corrected chi connectivity index (χ1v) is 13.0. The van der Waals surface area contributed by atoms with Crippen molar-refractivity contribution in [1.29, 1.82) is 0 Å². The van der Waals surface area contributed by atoms with Gasteiger partial charge in [-0.05, 0) is 43.0 Å². The van der Waals surface area contributed by atoms with E-state index in [0.717, 1.165) is 47.2 Å². The highest BCUT2D eigenvalue weighted by Gasteiger charge is 2.45. The predicted molar refractivity (Wildman–Crippen MR) is 145 cm³/mol. The molecule has 0 unspecified atom stereocenters. The third kappa shape index (κ3) is 3.20. The summed E-state index contributed by atoms with van der Waals surface area (Å²) in [6, 6.07) is 18.1. The molecule has 0 amide bonds. The van der Waals surface area contributed by atoms with E-state index in [1.54, 1.807) is 17.6 Å². The fourth-order valence-corrected chi connectivity index (χ4v) is 5.97. The maximum Gasteiger partial charge on any atom is 0.343 e. The molecule has 3 aliphatic heterocycles. The number of aromatic nitrogens is 2. The highest BCUT2D eigenvalue weighted by atomic mass is 16.6. The van der Waals surface area contributed by atoms with Gasteiger partial charge in [-0.1, -0.05) is 43.3 Å². The van der Waals surface area contributed by atoms with Crippen LogP contribution in [0.4, 0.5) is 11.4 Å². The molecule has 38 heavy (non-hydrogen) atoms. The largest absolute Gasteiger partial charge is 0.458 e. The van der Waals surface area contributed by atoms with Crippen LogP contribution in [-0.2, 0) is 34.7 Å². The second-order valence-electron chi connectivity index (χ2n) is 10.1. The quantitative estimate of drug-likeness (QED) is 0.359. The summed E-state index contributed by atoms with van der Waals surface area (Å²) in [6.07, 6.45) is 3.86. The maximum atomic E-state index is 13.7. The van der Waals surface area contributed by atoms with Crippen molar-refractivity contribution in [3.63, 3.8) is 0 Å². The number of ether oxygens (including phenoxy) is 1. The molecule has 0 saturated carbocycles. The molecular weight excluding hydrogens is 480 g/mol. The Bertz CT molecular complexity index is 1730. The Morgan fingerprint density at radius 1 is 1.08 bits per heavy atom. The number of anilines is 1. The molecule has 1 atom stereocenters. The van der Waals surface area contributed by atoms with Crippen LogP contribution >= 0.6 is 0 Å². The summed E-state index contributed by atoms with van der Waals surface area (Å²) in [6.45, 7) is 2.68. The van der Waals surface area contributed by atoms with E-state index in [9.17, 15) is 14.7 Å². The van der Waals surface area contributed by atoms with Crippen LogP contribution in [-0.4, -0.2) is 33.5 Å². The first-order chi connectivity index (χ1) is 18.5. The summed E-state index contributed by atoms with van der Waals surface area (Å²) in [7, 11) is 0. The molecule has 5 heterocycles. The van der Waals surface area contributed by atoms with Gasteiger partial charge in [0.05, 0.1) is 52.1 Å². The molecule has 4 aromatic rings. The number of hydrogen-bond acceptors (Lipinski definition) is 7. The third-order valence-corrected chi connectivity index (χ3v) is 7.99. The molecule has 2 aromatic heterocycles. The lowest BCUT2D eigenvalue weighted by Gasteiger charge is -2.31. The molecule has 0 saturated heterocycles. The van der Waals surface area contributed by atoms with Crippen molar-refractivity contribution in [3.05, 3.63) is 87.2 Å². The summed E-state index contributed by atoms with van der Waals surface area (Å²) >= 11 is 0. The van der Waals surface area contributed by atoms with Gasteiger partial charge in [-0.2, -0.15) is 0 Å². The Balaban J connectivity index is 1.37. The van der Waals surface area contributed by atoms with Crippen LogP contribution in [0.5, 0.6) is 0 Å². The monoisotopic (exact) mass is 506 g/mol. The van der Waals surface area contributed by atoms with Gasteiger partial charge in [0.15, 0.2) is 5.60 Å². The summed E-state index contributed by atoms with van der Waals surface area (Å²) < 4.78 is 6.90. The molecule has 0 aliphatic carbocycles. The van der Waals surface area contributed by atoms with Crippen LogP contribution in [0, 0.1) is 0 Å². The van der Waals surface area contributed by atoms with Crippen molar-refractivity contribution in [3.8, 4) is 11.4 Å². The number of esters is 1. The lowest BCUT2D eigenvalue weighted by atomic mass is 9.86. The topological polar surface area (TPSA) is 97.0 Å².